The number of rotatable bonds is 2. The average molecular weight is 137 g/mol. The fourth-order valence-corrected chi connectivity index (χ4v) is 0.308. The Labute approximate surface area is 54.7 Å². The van der Waals surface area contributed by atoms with E-state index >= 15 is 0 Å². The second-order valence-corrected chi connectivity index (χ2v) is 1.33. The van der Waals surface area contributed by atoms with E-state index in [-0.39, 0.29) is 12.2 Å². The lowest BCUT2D eigenvalue weighted by Gasteiger charge is -1.81. The van der Waals surface area contributed by atoms with Crippen LogP contribution < -0.4 is 0 Å². The van der Waals surface area contributed by atoms with E-state index in [4.69, 9.17) is 11.6 Å². The van der Waals surface area contributed by atoms with E-state index in [1.807, 2.05) is 0 Å². The molecule has 0 bridgehead atoms. The highest BCUT2D eigenvalue weighted by Crippen LogP contribution is 1.98. The summed E-state index contributed by atoms with van der Waals surface area (Å²) in [5.74, 6) is -0.0139. The molecule has 0 aromatic carbocycles. The summed E-state index contributed by atoms with van der Waals surface area (Å²) in [6.45, 7) is 8.99. The zero-order valence-corrected chi connectivity index (χ0v) is 5.55. The van der Waals surface area contributed by atoms with Crippen molar-refractivity contribution in [3.05, 3.63) is 25.6 Å². The van der Waals surface area contributed by atoms with Gasteiger partial charge in [0.05, 0.1) is 5.83 Å². The highest BCUT2D eigenvalue weighted by Gasteiger charge is 1.82. The van der Waals surface area contributed by atoms with Gasteiger partial charge in [0.15, 0.2) is 0 Å². The number of alkyl halides is 1. The lowest BCUT2D eigenvalue weighted by atomic mass is 10.5. The molecule has 8 heavy (non-hydrogen) atoms. The lowest BCUT2D eigenvalue weighted by Crippen LogP contribution is -1.69. The van der Waals surface area contributed by atoms with E-state index in [9.17, 15) is 4.39 Å². The first-order valence-corrected chi connectivity index (χ1v) is 2.70. The molecule has 0 aliphatic carbocycles. The molecule has 0 amide bonds. The second-order valence-electron chi connectivity index (χ2n) is 0.956. The first-order valence-electron chi connectivity index (χ1n) is 2.16. The van der Waals surface area contributed by atoms with Crippen LogP contribution in [0.2, 0.25) is 0 Å². The molecule has 0 aromatic heterocycles. The average Bonchev–Trinajstić information content (AvgIpc) is 1.72. The molecule has 2 heteroatoms. The predicted molar refractivity (Wildman–Crippen MR) is 36.8 cm³/mol. The van der Waals surface area contributed by atoms with Crippen LogP contribution in [0.5, 0.6) is 0 Å². The summed E-state index contributed by atoms with van der Waals surface area (Å²) in [6, 6.07) is 0. The molecule has 0 aliphatic rings. The van der Waals surface area contributed by atoms with Gasteiger partial charge in [0.1, 0.15) is 0 Å². The summed E-state index contributed by atoms with van der Waals surface area (Å²) in [6.07, 6.45) is 0.279. The third-order valence-corrected chi connectivity index (χ3v) is 0.555. The highest BCUT2D eigenvalue weighted by atomic mass is 35.5. The molecule has 0 aliphatic heterocycles. The summed E-state index contributed by atoms with van der Waals surface area (Å²) in [5, 5.41) is 0. The van der Waals surface area contributed by atoms with Crippen molar-refractivity contribution in [2.24, 2.45) is 0 Å². The normalized spacial score (nSPS) is 6.75. The van der Waals surface area contributed by atoms with Gasteiger partial charge >= 0.3 is 0 Å². The molecule has 0 unspecified atom stereocenters. The van der Waals surface area contributed by atoms with Crippen molar-refractivity contribution in [3.8, 4) is 0 Å². The van der Waals surface area contributed by atoms with Crippen LogP contribution in [0, 0.1) is 0 Å². The fourth-order valence-electron chi connectivity index (χ4n) is 0.103. The molecule has 0 heterocycles. The van der Waals surface area contributed by atoms with Crippen LogP contribution in [0.15, 0.2) is 25.6 Å². The Hall–Kier alpha value is -0.300. The minimum absolute atomic E-state index is 0.279. The highest BCUT2D eigenvalue weighted by molar-refractivity contribution is 6.17. The van der Waals surface area contributed by atoms with Crippen molar-refractivity contribution in [1.29, 1.82) is 0 Å². The van der Waals surface area contributed by atoms with E-state index in [0.29, 0.717) is 5.88 Å². The second kappa shape index (κ2) is 9.85. The molecule has 0 atom stereocenters. The van der Waals surface area contributed by atoms with Gasteiger partial charge < -0.3 is 0 Å². The minimum atomic E-state index is -0.343. The van der Waals surface area contributed by atoms with Crippen LogP contribution in [0.1, 0.15) is 6.42 Å². The maximum atomic E-state index is 11.4. The quantitative estimate of drug-likeness (QED) is 0.405. The van der Waals surface area contributed by atoms with E-state index in [2.05, 4.69) is 19.7 Å². The summed E-state index contributed by atoms with van der Waals surface area (Å²) >= 11 is 5.10. The third-order valence-electron chi connectivity index (χ3n) is 0.366. The lowest BCUT2D eigenvalue weighted by molar-refractivity contribution is 0.610. The topological polar surface area (TPSA) is 0 Å². The molecule has 48 valence electrons. The maximum Gasteiger partial charge on any atom is 0.0939 e. The summed E-state index contributed by atoms with van der Waals surface area (Å²) < 4.78 is 11.4. The third kappa shape index (κ3) is 17.3. The van der Waals surface area contributed by atoms with Gasteiger partial charge in [-0.3, -0.25) is 0 Å². The number of halogens is 2. The fraction of sp³-hybridized carbons (Fsp3) is 0.333. The molecule has 0 spiro atoms. The van der Waals surface area contributed by atoms with Crippen LogP contribution >= 0.6 is 11.6 Å². The predicted octanol–water partition coefficient (Wildman–Crippen LogP) is 2.90. The van der Waals surface area contributed by atoms with Gasteiger partial charge in [-0.25, -0.2) is 4.39 Å². The Bertz CT molecular complexity index is 61.5. The van der Waals surface area contributed by atoms with Gasteiger partial charge in [-0.05, 0) is 0 Å². The largest absolute Gasteiger partial charge is 0.212 e. The molecule has 0 N–H and O–H groups in total. The molecular formula is C6H10ClF. The number of allylic oxidation sites excluding steroid dienone is 1. The van der Waals surface area contributed by atoms with Crippen LogP contribution in [0.3, 0.4) is 0 Å². The van der Waals surface area contributed by atoms with Crippen molar-refractivity contribution in [3.63, 3.8) is 0 Å². The molecule has 0 nitrogen and oxygen atoms in total. The van der Waals surface area contributed by atoms with Gasteiger partial charge in [-0.1, -0.05) is 6.58 Å². The molecular weight excluding hydrogens is 127 g/mol. The van der Waals surface area contributed by atoms with Gasteiger partial charge in [-0.2, -0.15) is 0 Å². The smallest absolute Gasteiger partial charge is 0.0939 e. The van der Waals surface area contributed by atoms with Crippen LogP contribution in [0.25, 0.3) is 0 Å². The van der Waals surface area contributed by atoms with Crippen LogP contribution in [0.4, 0.5) is 4.39 Å². The maximum absolute atomic E-state index is 11.4. The Morgan fingerprint density at radius 2 is 1.88 bits per heavy atom. The molecule has 0 fully saturated rings. The number of hydrogen-bond acceptors (Lipinski definition) is 0. The molecule has 0 aromatic rings. The van der Waals surface area contributed by atoms with Crippen molar-refractivity contribution in [1.82, 2.24) is 0 Å². The Morgan fingerprint density at radius 3 is 1.88 bits per heavy atom. The van der Waals surface area contributed by atoms with Crippen molar-refractivity contribution in [2.45, 2.75) is 6.42 Å². The zero-order chi connectivity index (χ0) is 6.99. The first kappa shape index (κ1) is 10.6. The van der Waals surface area contributed by atoms with Crippen LogP contribution in [-0.4, -0.2) is 5.88 Å². The Balaban J connectivity index is 0. The van der Waals surface area contributed by atoms with Gasteiger partial charge in [0, 0.05) is 12.3 Å². The number of hydrogen-bond donors (Lipinski definition) is 0. The van der Waals surface area contributed by atoms with Gasteiger partial charge in [0.2, 0.25) is 0 Å². The van der Waals surface area contributed by atoms with Gasteiger partial charge in [-0.15, -0.1) is 24.8 Å². The van der Waals surface area contributed by atoms with Crippen molar-refractivity contribution in [2.75, 3.05) is 5.88 Å². The Morgan fingerprint density at radius 1 is 1.50 bits per heavy atom. The molecule has 0 radical (unpaired) electrons. The molecule has 0 rings (SSSR count). The monoisotopic (exact) mass is 136 g/mol. The van der Waals surface area contributed by atoms with E-state index in [1.54, 1.807) is 0 Å². The SMILES string of the molecule is C=C.C=C(F)CCCl. The Kier molecular flexibility index (Phi) is 13.1. The van der Waals surface area contributed by atoms with Crippen molar-refractivity contribution < 1.29 is 4.39 Å². The zero-order valence-electron chi connectivity index (χ0n) is 4.79. The van der Waals surface area contributed by atoms with Crippen molar-refractivity contribution >= 4 is 11.6 Å². The van der Waals surface area contributed by atoms with E-state index in [1.165, 1.54) is 0 Å². The molecule has 0 saturated carbocycles. The summed E-state index contributed by atoms with van der Waals surface area (Å²) in [7, 11) is 0. The van der Waals surface area contributed by atoms with E-state index in [0.717, 1.165) is 0 Å². The van der Waals surface area contributed by atoms with Crippen LogP contribution in [-0.2, 0) is 0 Å². The first-order chi connectivity index (χ1) is 3.77. The van der Waals surface area contributed by atoms with Gasteiger partial charge in [0.25, 0.3) is 0 Å². The summed E-state index contributed by atoms with van der Waals surface area (Å²) in [5.41, 5.74) is 0. The van der Waals surface area contributed by atoms with E-state index < -0.39 is 0 Å². The summed E-state index contributed by atoms with van der Waals surface area (Å²) in [4.78, 5) is 0. The standard InChI is InChI=1S/C4H6ClF.C2H4/c1-4(6)2-3-5;1-2/h1-3H2;1-2H2. The minimum Gasteiger partial charge on any atom is -0.212 e. The molecule has 0 saturated heterocycles.